The van der Waals surface area contributed by atoms with E-state index in [0.29, 0.717) is 11.8 Å². The molecule has 0 fully saturated rings. The van der Waals surface area contributed by atoms with Crippen LogP contribution in [0.25, 0.3) is 42.4 Å². The SMILES string of the molecule is CCC1=C2C(=CCC1N(c1ccccc1-c1ccc3c(c1)C1(C4=C(C=CC(C)C4)c4ccccc41)c1ccccc1S3)c1cccc3sc4ccccc4c13)Sc1ccccc1C21C2=C(c3ccccc31)C(C)CC=C2. The minimum Gasteiger partial charge on any atom is -0.333 e. The minimum atomic E-state index is -0.446. The van der Waals surface area contributed by atoms with Gasteiger partial charge in [-0.15, -0.1) is 11.3 Å². The first-order valence-electron chi connectivity index (χ1n) is 27.4. The minimum absolute atomic E-state index is 0.0232. The van der Waals surface area contributed by atoms with Gasteiger partial charge < -0.3 is 4.90 Å². The molecule has 0 bridgehead atoms. The molecule has 0 saturated heterocycles. The van der Waals surface area contributed by atoms with Crippen molar-refractivity contribution >= 4 is 77.6 Å². The van der Waals surface area contributed by atoms with Crippen molar-refractivity contribution in [1.29, 1.82) is 0 Å². The molecular formula is C72H55NS3. The van der Waals surface area contributed by atoms with E-state index in [4.69, 9.17) is 0 Å². The molecule has 8 aromatic carbocycles. The Bertz CT molecular complexity index is 4210. The Morgan fingerprint density at radius 1 is 0.566 bits per heavy atom. The van der Waals surface area contributed by atoms with Crippen LogP contribution < -0.4 is 4.90 Å². The van der Waals surface area contributed by atoms with Crippen molar-refractivity contribution in [2.75, 3.05) is 4.90 Å². The van der Waals surface area contributed by atoms with Crippen LogP contribution in [0.5, 0.6) is 0 Å². The lowest BCUT2D eigenvalue weighted by atomic mass is 9.62. The van der Waals surface area contributed by atoms with Gasteiger partial charge in [-0.3, -0.25) is 0 Å². The molecule has 0 N–H and O–H groups in total. The van der Waals surface area contributed by atoms with Gasteiger partial charge in [0, 0.05) is 51.0 Å². The van der Waals surface area contributed by atoms with Gasteiger partial charge >= 0.3 is 0 Å². The Morgan fingerprint density at radius 3 is 2.05 bits per heavy atom. The van der Waals surface area contributed by atoms with Gasteiger partial charge in [0.05, 0.1) is 22.6 Å². The number of nitrogens with zero attached hydrogens (tertiary/aromatic N) is 1. The fraction of sp³-hybridized carbons (Fsp3) is 0.167. The van der Waals surface area contributed by atoms with Gasteiger partial charge in [-0.1, -0.05) is 208 Å². The summed E-state index contributed by atoms with van der Waals surface area (Å²) in [5, 5.41) is 2.66. The number of anilines is 2. The highest BCUT2D eigenvalue weighted by atomic mass is 32.2. The molecule has 0 amide bonds. The van der Waals surface area contributed by atoms with Crippen molar-refractivity contribution in [3.05, 3.63) is 279 Å². The molecule has 1 aromatic heterocycles. The number of hydrogen-bond acceptors (Lipinski definition) is 4. The van der Waals surface area contributed by atoms with E-state index in [1.54, 1.807) is 5.57 Å². The summed E-state index contributed by atoms with van der Waals surface area (Å²) >= 11 is 5.86. The highest BCUT2D eigenvalue weighted by Crippen LogP contribution is 2.68. The van der Waals surface area contributed by atoms with Gasteiger partial charge in [0.1, 0.15) is 0 Å². The number of para-hydroxylation sites is 1. The summed E-state index contributed by atoms with van der Waals surface area (Å²) in [5.74, 6) is 0.873. The van der Waals surface area contributed by atoms with Gasteiger partial charge in [0.2, 0.25) is 0 Å². The van der Waals surface area contributed by atoms with E-state index >= 15 is 0 Å². The van der Waals surface area contributed by atoms with Crippen molar-refractivity contribution < 1.29 is 0 Å². The summed E-state index contributed by atoms with van der Waals surface area (Å²) in [5.41, 5.74) is 23.0. The number of rotatable bonds is 5. The van der Waals surface area contributed by atoms with Crippen molar-refractivity contribution in [3.63, 3.8) is 0 Å². The highest BCUT2D eigenvalue weighted by Gasteiger charge is 2.56. The standard InChI is InChI=1S/C72H55NS3/c1-4-46-60(38-40-67-70(46)72(55-27-12-16-33-64(55)76-67)53-25-10-6-22-50(53)68-44(3)19-17-28-56(68)72)73(61-30-18-34-66-69(61)51-23-8-14-31-62(51)74-66)59-29-13-7-20-47(59)45-36-39-65-58(42-45)71(54-26-11-15-32-63(54)75-65)52-24-9-5-21-48(52)49-37-35-43(2)41-57(49)71/h5-18,20-37,39-40,42-44,60H,4,19,38,41H2,1-3H3. The zero-order chi connectivity index (χ0) is 50.4. The van der Waals surface area contributed by atoms with Crippen LogP contribution in [0, 0.1) is 11.8 Å². The van der Waals surface area contributed by atoms with Crippen LogP contribution in [0.15, 0.2) is 254 Å². The third-order valence-electron chi connectivity index (χ3n) is 18.2. The van der Waals surface area contributed by atoms with Crippen LogP contribution in [0.1, 0.15) is 85.4 Å². The summed E-state index contributed by atoms with van der Waals surface area (Å²) in [6.07, 6.45) is 16.4. The number of allylic oxidation sites excluding steroid dienone is 9. The summed E-state index contributed by atoms with van der Waals surface area (Å²) < 4.78 is 2.65. The lowest BCUT2D eigenvalue weighted by Crippen LogP contribution is -2.42. The van der Waals surface area contributed by atoms with E-state index in [2.05, 4.69) is 238 Å². The molecule has 2 aliphatic heterocycles. The number of hydrogen-bond donors (Lipinski definition) is 0. The molecule has 2 spiro atoms. The normalized spacial score (nSPS) is 23.3. The maximum atomic E-state index is 2.82. The topological polar surface area (TPSA) is 3.24 Å². The van der Waals surface area contributed by atoms with Crippen molar-refractivity contribution in [1.82, 2.24) is 0 Å². The predicted molar refractivity (Wildman–Crippen MR) is 323 cm³/mol. The lowest BCUT2D eigenvalue weighted by molar-refractivity contribution is 0.606. The first kappa shape index (κ1) is 45.1. The lowest BCUT2D eigenvalue weighted by Gasteiger charge is -2.48. The smallest absolute Gasteiger partial charge is 0.0732 e. The second-order valence-electron chi connectivity index (χ2n) is 22.0. The molecule has 5 atom stereocenters. The second-order valence-corrected chi connectivity index (χ2v) is 25.3. The predicted octanol–water partition coefficient (Wildman–Crippen LogP) is 19.8. The Balaban J connectivity index is 0.970. The van der Waals surface area contributed by atoms with E-state index < -0.39 is 10.8 Å². The first-order valence-corrected chi connectivity index (χ1v) is 29.9. The largest absolute Gasteiger partial charge is 0.333 e. The third kappa shape index (κ3) is 6.01. The van der Waals surface area contributed by atoms with E-state index in [9.17, 15) is 0 Å². The van der Waals surface area contributed by atoms with Crippen LogP contribution in [-0.4, -0.2) is 6.04 Å². The van der Waals surface area contributed by atoms with Crippen LogP contribution in [-0.2, 0) is 10.8 Å². The molecule has 366 valence electrons. The van der Waals surface area contributed by atoms with Gasteiger partial charge in [-0.05, 0) is 164 Å². The molecule has 3 heterocycles. The molecule has 5 aliphatic carbocycles. The van der Waals surface area contributed by atoms with Gasteiger partial charge in [-0.2, -0.15) is 0 Å². The van der Waals surface area contributed by atoms with Crippen molar-refractivity contribution in [3.8, 4) is 11.1 Å². The number of thiophene rings is 1. The molecule has 4 heteroatoms. The molecular weight excluding hydrogens is 975 g/mol. The number of benzene rings is 8. The molecule has 7 aliphatic rings. The Labute approximate surface area is 458 Å². The monoisotopic (exact) mass is 1030 g/mol. The molecule has 5 unspecified atom stereocenters. The zero-order valence-corrected chi connectivity index (χ0v) is 45.4. The molecule has 76 heavy (non-hydrogen) atoms. The highest BCUT2D eigenvalue weighted by molar-refractivity contribution is 8.03. The van der Waals surface area contributed by atoms with Crippen LogP contribution in [0.2, 0.25) is 0 Å². The molecule has 16 rings (SSSR count). The molecule has 9 aromatic rings. The molecule has 0 saturated carbocycles. The number of fused-ring (bicyclic) bond motifs is 19. The molecule has 1 nitrogen and oxygen atoms in total. The van der Waals surface area contributed by atoms with Crippen LogP contribution >= 0.6 is 34.9 Å². The summed E-state index contributed by atoms with van der Waals surface area (Å²) in [4.78, 5) is 8.31. The summed E-state index contributed by atoms with van der Waals surface area (Å²) in [6, 6.07) is 70.6. The van der Waals surface area contributed by atoms with Gasteiger partial charge in [0.25, 0.3) is 0 Å². The Kier molecular flexibility index (Phi) is 10.1. The quantitative estimate of drug-likeness (QED) is 0.169. The van der Waals surface area contributed by atoms with Gasteiger partial charge in [0.15, 0.2) is 0 Å². The van der Waals surface area contributed by atoms with Crippen LogP contribution in [0.3, 0.4) is 0 Å². The summed E-state index contributed by atoms with van der Waals surface area (Å²) in [7, 11) is 0. The van der Waals surface area contributed by atoms with Crippen LogP contribution in [0.4, 0.5) is 11.4 Å². The second kappa shape index (κ2) is 17.0. The fourth-order valence-electron chi connectivity index (χ4n) is 15.3. The Hall–Kier alpha value is -7.08. The first-order chi connectivity index (χ1) is 37.5. The van der Waals surface area contributed by atoms with Gasteiger partial charge in [-0.25, -0.2) is 0 Å². The third-order valence-corrected chi connectivity index (χ3v) is 21.6. The summed E-state index contributed by atoms with van der Waals surface area (Å²) in [6.45, 7) is 7.29. The maximum absolute atomic E-state index is 2.82. The van der Waals surface area contributed by atoms with Crippen molar-refractivity contribution in [2.24, 2.45) is 11.8 Å². The van der Waals surface area contributed by atoms with E-state index in [1.807, 2.05) is 34.9 Å². The molecule has 0 radical (unpaired) electrons. The number of thioether (sulfide) groups is 1. The Morgan fingerprint density at radius 2 is 1.22 bits per heavy atom. The maximum Gasteiger partial charge on any atom is 0.0732 e. The average Bonchev–Trinajstić information content (AvgIpc) is 4.26. The van der Waals surface area contributed by atoms with E-state index in [1.165, 1.54) is 129 Å². The average molecular weight is 1030 g/mol. The fourth-order valence-corrected chi connectivity index (χ4v) is 18.9. The van der Waals surface area contributed by atoms with E-state index in [-0.39, 0.29) is 6.04 Å². The van der Waals surface area contributed by atoms with Crippen molar-refractivity contribution in [2.45, 2.75) is 78.0 Å². The zero-order valence-electron chi connectivity index (χ0n) is 42.9. The van der Waals surface area contributed by atoms with E-state index in [0.717, 1.165) is 25.7 Å².